The van der Waals surface area contributed by atoms with Crippen LogP contribution < -0.4 is 4.74 Å². The van der Waals surface area contributed by atoms with Gasteiger partial charge in [0.2, 0.25) is 0 Å². The lowest BCUT2D eigenvalue weighted by Gasteiger charge is -2.39. The van der Waals surface area contributed by atoms with Crippen LogP contribution in [0.5, 0.6) is 11.5 Å². The SMILES string of the molecule is c1ccc(-c2nc(-c3ccc(-c4cccc5cccnc45)cc3)cc(-c3ccc4c(c3)C3(c5ccccc5O4)c4ccccc4-c4ccccc43)n2)cc1. The van der Waals surface area contributed by atoms with E-state index in [-0.39, 0.29) is 0 Å². The molecule has 0 radical (unpaired) electrons. The van der Waals surface area contributed by atoms with Crippen LogP contribution in [0, 0.1) is 0 Å². The molecule has 9 aromatic rings. The average Bonchev–Trinajstić information content (AvgIpc) is 3.54. The molecule has 2 aliphatic rings. The summed E-state index contributed by atoms with van der Waals surface area (Å²) < 4.78 is 6.71. The number of pyridine rings is 1. The van der Waals surface area contributed by atoms with Gasteiger partial charge in [0.1, 0.15) is 11.5 Å². The van der Waals surface area contributed by atoms with Crippen LogP contribution in [0.2, 0.25) is 0 Å². The topological polar surface area (TPSA) is 47.9 Å². The number of fused-ring (bicyclic) bond motifs is 10. The number of benzene rings is 7. The molecule has 1 spiro atoms. The summed E-state index contributed by atoms with van der Waals surface area (Å²) in [5, 5.41) is 1.12. The first kappa shape index (κ1) is 30.5. The quantitative estimate of drug-likeness (QED) is 0.185. The Hall–Kier alpha value is -7.17. The summed E-state index contributed by atoms with van der Waals surface area (Å²) in [5.74, 6) is 2.40. The smallest absolute Gasteiger partial charge is 0.160 e. The second kappa shape index (κ2) is 11.9. The summed E-state index contributed by atoms with van der Waals surface area (Å²) in [6.45, 7) is 0. The molecule has 4 nitrogen and oxygen atoms in total. The van der Waals surface area contributed by atoms with Crippen molar-refractivity contribution < 1.29 is 4.74 Å². The maximum absolute atomic E-state index is 6.71. The van der Waals surface area contributed by atoms with Crippen LogP contribution in [0.25, 0.3) is 67.1 Å². The fourth-order valence-electron chi connectivity index (χ4n) is 8.63. The largest absolute Gasteiger partial charge is 0.457 e. The molecule has 11 rings (SSSR count). The zero-order valence-corrected chi connectivity index (χ0v) is 29.1. The molecule has 0 bridgehead atoms. The molecule has 0 atom stereocenters. The van der Waals surface area contributed by atoms with Gasteiger partial charge in [-0.2, -0.15) is 0 Å². The molecule has 0 fully saturated rings. The number of hydrogen-bond acceptors (Lipinski definition) is 4. The number of ether oxygens (including phenoxy) is 1. The Balaban J connectivity index is 1.10. The Labute approximate surface area is 313 Å². The molecule has 1 aliphatic carbocycles. The van der Waals surface area contributed by atoms with Gasteiger partial charge in [-0.05, 0) is 64.2 Å². The van der Waals surface area contributed by atoms with Crippen molar-refractivity contribution in [2.24, 2.45) is 0 Å². The number of para-hydroxylation sites is 2. The van der Waals surface area contributed by atoms with E-state index in [0.717, 1.165) is 72.7 Å². The maximum atomic E-state index is 6.71. The van der Waals surface area contributed by atoms with E-state index in [1.807, 2.05) is 30.5 Å². The third-order valence-corrected chi connectivity index (χ3v) is 11.0. The second-order valence-electron chi connectivity index (χ2n) is 13.9. The van der Waals surface area contributed by atoms with Crippen molar-refractivity contribution in [1.82, 2.24) is 15.0 Å². The highest BCUT2D eigenvalue weighted by Gasteiger charge is 2.51. The van der Waals surface area contributed by atoms with Gasteiger partial charge in [0, 0.05) is 45.0 Å². The van der Waals surface area contributed by atoms with Gasteiger partial charge in [-0.15, -0.1) is 0 Å². The highest BCUT2D eigenvalue weighted by Crippen LogP contribution is 2.62. The number of aromatic nitrogens is 3. The first-order chi connectivity index (χ1) is 26.8. The first-order valence-corrected chi connectivity index (χ1v) is 18.3. The van der Waals surface area contributed by atoms with E-state index in [4.69, 9.17) is 19.7 Å². The van der Waals surface area contributed by atoms with E-state index >= 15 is 0 Å². The highest BCUT2D eigenvalue weighted by molar-refractivity contribution is 5.94. The normalized spacial score (nSPS) is 13.1. The van der Waals surface area contributed by atoms with Gasteiger partial charge < -0.3 is 4.74 Å². The van der Waals surface area contributed by atoms with E-state index < -0.39 is 5.41 Å². The van der Waals surface area contributed by atoms with E-state index in [9.17, 15) is 0 Å². The molecule has 0 saturated heterocycles. The summed E-state index contributed by atoms with van der Waals surface area (Å²) >= 11 is 0. The minimum absolute atomic E-state index is 0.558. The predicted octanol–water partition coefficient (Wildman–Crippen LogP) is 12.2. The highest BCUT2D eigenvalue weighted by atomic mass is 16.5. The summed E-state index contributed by atoms with van der Waals surface area (Å²) in [7, 11) is 0. The minimum Gasteiger partial charge on any atom is -0.457 e. The Morgan fingerprint density at radius 3 is 1.76 bits per heavy atom. The summed E-state index contributed by atoms with van der Waals surface area (Å²) in [5.41, 5.74) is 14.6. The number of hydrogen-bond donors (Lipinski definition) is 0. The molecule has 7 aromatic carbocycles. The second-order valence-corrected chi connectivity index (χ2v) is 13.9. The number of nitrogens with zero attached hydrogens (tertiary/aromatic N) is 3. The van der Waals surface area contributed by atoms with Crippen molar-refractivity contribution in [3.8, 4) is 67.7 Å². The van der Waals surface area contributed by atoms with Gasteiger partial charge in [-0.3, -0.25) is 4.98 Å². The molecule has 54 heavy (non-hydrogen) atoms. The van der Waals surface area contributed by atoms with Crippen molar-refractivity contribution in [1.29, 1.82) is 0 Å². The van der Waals surface area contributed by atoms with E-state index in [1.165, 1.54) is 22.3 Å². The lowest BCUT2D eigenvalue weighted by molar-refractivity contribution is 0.436. The lowest BCUT2D eigenvalue weighted by atomic mass is 9.66. The van der Waals surface area contributed by atoms with Crippen molar-refractivity contribution in [3.63, 3.8) is 0 Å². The van der Waals surface area contributed by atoms with Crippen LogP contribution in [0.4, 0.5) is 0 Å². The lowest BCUT2D eigenvalue weighted by Crippen LogP contribution is -2.32. The van der Waals surface area contributed by atoms with E-state index in [0.29, 0.717) is 5.82 Å². The Morgan fingerprint density at radius 1 is 0.389 bits per heavy atom. The Kier molecular flexibility index (Phi) is 6.73. The molecule has 2 aromatic heterocycles. The molecule has 0 unspecified atom stereocenters. The van der Waals surface area contributed by atoms with Crippen LogP contribution in [0.3, 0.4) is 0 Å². The van der Waals surface area contributed by atoms with Crippen LogP contribution in [-0.4, -0.2) is 15.0 Å². The summed E-state index contributed by atoms with van der Waals surface area (Å²) in [6.07, 6.45) is 1.85. The molecule has 1 aliphatic heterocycles. The third kappa shape index (κ3) is 4.53. The van der Waals surface area contributed by atoms with Crippen LogP contribution >= 0.6 is 0 Å². The number of rotatable bonds is 4. The van der Waals surface area contributed by atoms with Gasteiger partial charge in [0.15, 0.2) is 5.82 Å². The summed E-state index contributed by atoms with van der Waals surface area (Å²) in [6, 6.07) is 64.0. The van der Waals surface area contributed by atoms with Crippen LogP contribution in [0.1, 0.15) is 22.3 Å². The third-order valence-electron chi connectivity index (χ3n) is 11.0. The van der Waals surface area contributed by atoms with Crippen molar-refractivity contribution >= 4 is 10.9 Å². The first-order valence-electron chi connectivity index (χ1n) is 18.3. The van der Waals surface area contributed by atoms with Gasteiger partial charge in [-0.1, -0.05) is 146 Å². The Bertz CT molecular complexity index is 2870. The molecule has 0 saturated carbocycles. The van der Waals surface area contributed by atoms with Crippen molar-refractivity contribution in [2.45, 2.75) is 5.41 Å². The molecule has 0 amide bonds. The van der Waals surface area contributed by atoms with Crippen LogP contribution in [-0.2, 0) is 5.41 Å². The maximum Gasteiger partial charge on any atom is 0.160 e. The fraction of sp³-hybridized carbons (Fsp3) is 0.0200. The average molecular weight is 690 g/mol. The Morgan fingerprint density at radius 2 is 0.981 bits per heavy atom. The minimum atomic E-state index is -0.558. The van der Waals surface area contributed by atoms with Crippen molar-refractivity contribution in [3.05, 3.63) is 210 Å². The van der Waals surface area contributed by atoms with Gasteiger partial charge >= 0.3 is 0 Å². The molecule has 3 heterocycles. The molecule has 4 heteroatoms. The molecular weight excluding hydrogens is 659 g/mol. The van der Waals surface area contributed by atoms with Crippen LogP contribution in [0.15, 0.2) is 188 Å². The van der Waals surface area contributed by atoms with Gasteiger partial charge in [-0.25, -0.2) is 9.97 Å². The monoisotopic (exact) mass is 689 g/mol. The van der Waals surface area contributed by atoms with E-state index in [1.54, 1.807) is 0 Å². The zero-order valence-electron chi connectivity index (χ0n) is 29.1. The predicted molar refractivity (Wildman–Crippen MR) is 216 cm³/mol. The molecule has 0 N–H and O–H groups in total. The zero-order chi connectivity index (χ0) is 35.6. The van der Waals surface area contributed by atoms with E-state index in [2.05, 4.69) is 158 Å². The van der Waals surface area contributed by atoms with Gasteiger partial charge in [0.05, 0.1) is 22.3 Å². The summed E-state index contributed by atoms with van der Waals surface area (Å²) in [4.78, 5) is 15.1. The van der Waals surface area contributed by atoms with Crippen molar-refractivity contribution in [2.75, 3.05) is 0 Å². The van der Waals surface area contributed by atoms with Gasteiger partial charge in [0.25, 0.3) is 0 Å². The molecular formula is C50H31N3O. The fourth-order valence-corrected chi connectivity index (χ4v) is 8.63. The molecule has 252 valence electrons. The standard InChI is InChI=1S/C50H31N3O/c1-2-12-35(13-3-1)49-52-44(33-25-23-32(24-26-33)37-18-10-14-34-15-11-29-51-48(34)37)31-45(53-49)36-27-28-47-43(30-36)50(42-21-8-9-22-46(42)54-47)40-19-6-4-16-38(40)39-17-5-7-20-41(39)50/h1-31H.